The van der Waals surface area contributed by atoms with E-state index in [1.807, 2.05) is 6.92 Å². The van der Waals surface area contributed by atoms with Gasteiger partial charge in [-0.25, -0.2) is 0 Å². The van der Waals surface area contributed by atoms with Crippen LogP contribution in [0.3, 0.4) is 0 Å². The Morgan fingerprint density at radius 2 is 2.29 bits per heavy atom. The zero-order valence-corrected chi connectivity index (χ0v) is 10.7. The topological polar surface area (TPSA) is 68.5 Å². The number of likely N-dealkylation sites (N-methyl/N-ethyl adjacent to an activating group) is 1. The molecule has 0 bridgehead atoms. The molecule has 1 amide bonds. The number of nitrogens with two attached hydrogens (primary N) is 1. The second-order valence-corrected chi connectivity index (χ2v) is 4.12. The van der Waals surface area contributed by atoms with Crippen LogP contribution in [-0.4, -0.2) is 42.6 Å². The van der Waals surface area contributed by atoms with Crippen LogP contribution >= 0.6 is 0 Å². The maximum absolute atomic E-state index is 12.2. The summed E-state index contributed by atoms with van der Waals surface area (Å²) in [5, 5.41) is 0. The van der Waals surface area contributed by atoms with Crippen molar-refractivity contribution >= 4 is 11.6 Å². The van der Waals surface area contributed by atoms with Crippen LogP contribution in [0.25, 0.3) is 0 Å². The van der Waals surface area contributed by atoms with Gasteiger partial charge in [-0.3, -0.25) is 9.78 Å². The van der Waals surface area contributed by atoms with Crippen LogP contribution in [0.1, 0.15) is 23.0 Å². The zero-order chi connectivity index (χ0) is 13.0. The standard InChI is InChI=1S/C12H19N3O2/c1-8(7-17-4)15(3)12(16)11-5-10(13)6-14-9(11)2/h5-6,8H,7,13H2,1-4H3. The van der Waals surface area contributed by atoms with Crippen molar-refractivity contribution < 1.29 is 9.53 Å². The molecule has 0 aliphatic rings. The first-order chi connectivity index (χ1) is 7.97. The zero-order valence-electron chi connectivity index (χ0n) is 10.7. The molecule has 0 saturated heterocycles. The summed E-state index contributed by atoms with van der Waals surface area (Å²) in [6, 6.07) is 1.66. The van der Waals surface area contributed by atoms with Gasteiger partial charge in [0.05, 0.1) is 35.8 Å². The van der Waals surface area contributed by atoms with Crippen molar-refractivity contribution in [2.75, 3.05) is 26.5 Å². The van der Waals surface area contributed by atoms with Crippen LogP contribution in [0.2, 0.25) is 0 Å². The summed E-state index contributed by atoms with van der Waals surface area (Å²) in [5.74, 6) is -0.0909. The quantitative estimate of drug-likeness (QED) is 0.850. The number of nitrogen functional groups attached to an aromatic ring is 1. The number of pyridine rings is 1. The number of nitrogens with zero attached hydrogens (tertiary/aromatic N) is 2. The molecule has 1 atom stereocenters. The molecule has 2 N–H and O–H groups in total. The molecule has 0 saturated carbocycles. The molecule has 0 aliphatic carbocycles. The van der Waals surface area contributed by atoms with Gasteiger partial charge in [0.1, 0.15) is 0 Å². The van der Waals surface area contributed by atoms with Crippen LogP contribution < -0.4 is 5.73 Å². The average Bonchev–Trinajstić information content (AvgIpc) is 2.30. The maximum Gasteiger partial charge on any atom is 0.255 e. The lowest BCUT2D eigenvalue weighted by atomic mass is 10.1. The Morgan fingerprint density at radius 3 is 2.88 bits per heavy atom. The molecule has 0 radical (unpaired) electrons. The molecular weight excluding hydrogens is 218 g/mol. The molecule has 0 aliphatic heterocycles. The predicted octanol–water partition coefficient (Wildman–Crippen LogP) is 1.08. The van der Waals surface area contributed by atoms with E-state index < -0.39 is 0 Å². The van der Waals surface area contributed by atoms with Gasteiger partial charge in [0.15, 0.2) is 0 Å². The summed E-state index contributed by atoms with van der Waals surface area (Å²) in [6.07, 6.45) is 1.55. The van der Waals surface area contributed by atoms with Gasteiger partial charge in [0.25, 0.3) is 5.91 Å². The van der Waals surface area contributed by atoms with E-state index in [-0.39, 0.29) is 11.9 Å². The largest absolute Gasteiger partial charge is 0.397 e. The van der Waals surface area contributed by atoms with Gasteiger partial charge in [-0.05, 0) is 19.9 Å². The molecule has 1 aromatic heterocycles. The number of hydrogen-bond acceptors (Lipinski definition) is 4. The van der Waals surface area contributed by atoms with Gasteiger partial charge in [-0.1, -0.05) is 0 Å². The third-order valence-electron chi connectivity index (χ3n) is 2.73. The van der Waals surface area contributed by atoms with Crippen LogP contribution in [0, 0.1) is 6.92 Å². The second kappa shape index (κ2) is 5.63. The fraction of sp³-hybridized carbons (Fsp3) is 0.500. The lowest BCUT2D eigenvalue weighted by Gasteiger charge is -2.24. The lowest BCUT2D eigenvalue weighted by Crippen LogP contribution is -2.38. The van der Waals surface area contributed by atoms with Crippen molar-refractivity contribution in [2.45, 2.75) is 19.9 Å². The monoisotopic (exact) mass is 237 g/mol. The Bertz CT molecular complexity index is 407. The average molecular weight is 237 g/mol. The molecule has 0 fully saturated rings. The summed E-state index contributed by atoms with van der Waals surface area (Å²) in [7, 11) is 3.36. The molecule has 17 heavy (non-hydrogen) atoms. The van der Waals surface area contributed by atoms with Crippen molar-refractivity contribution in [3.05, 3.63) is 23.5 Å². The van der Waals surface area contributed by atoms with Crippen molar-refractivity contribution in [3.63, 3.8) is 0 Å². The van der Waals surface area contributed by atoms with E-state index in [4.69, 9.17) is 10.5 Å². The van der Waals surface area contributed by atoms with Crippen molar-refractivity contribution in [3.8, 4) is 0 Å². The van der Waals surface area contributed by atoms with Gasteiger partial charge < -0.3 is 15.4 Å². The smallest absolute Gasteiger partial charge is 0.255 e. The minimum absolute atomic E-state index is 0.00771. The normalized spacial score (nSPS) is 12.2. The number of aromatic nitrogens is 1. The highest BCUT2D eigenvalue weighted by molar-refractivity contribution is 5.96. The van der Waals surface area contributed by atoms with E-state index in [2.05, 4.69) is 4.98 Å². The number of ether oxygens (including phenoxy) is 1. The molecule has 1 heterocycles. The summed E-state index contributed by atoms with van der Waals surface area (Å²) >= 11 is 0. The third-order valence-corrected chi connectivity index (χ3v) is 2.73. The first kappa shape index (κ1) is 13.4. The number of rotatable bonds is 4. The number of hydrogen-bond donors (Lipinski definition) is 1. The minimum Gasteiger partial charge on any atom is -0.397 e. The number of amides is 1. The molecular formula is C12H19N3O2. The van der Waals surface area contributed by atoms with Gasteiger partial charge in [-0.2, -0.15) is 0 Å². The van der Waals surface area contributed by atoms with Crippen LogP contribution in [-0.2, 0) is 4.74 Å². The highest BCUT2D eigenvalue weighted by atomic mass is 16.5. The molecule has 0 spiro atoms. The van der Waals surface area contributed by atoms with Gasteiger partial charge in [-0.15, -0.1) is 0 Å². The Hall–Kier alpha value is -1.62. The minimum atomic E-state index is -0.0909. The Kier molecular flexibility index (Phi) is 4.45. The molecule has 0 aromatic carbocycles. The van der Waals surface area contributed by atoms with Gasteiger partial charge >= 0.3 is 0 Å². The molecule has 1 aromatic rings. The third kappa shape index (κ3) is 3.17. The van der Waals surface area contributed by atoms with E-state index in [0.29, 0.717) is 23.6 Å². The molecule has 5 nitrogen and oxygen atoms in total. The maximum atomic E-state index is 12.2. The summed E-state index contributed by atoms with van der Waals surface area (Å²) < 4.78 is 5.03. The van der Waals surface area contributed by atoms with E-state index in [1.165, 1.54) is 0 Å². The van der Waals surface area contributed by atoms with E-state index in [9.17, 15) is 4.79 Å². The number of aryl methyl sites for hydroxylation is 1. The van der Waals surface area contributed by atoms with Crippen molar-refractivity contribution in [1.82, 2.24) is 9.88 Å². The fourth-order valence-corrected chi connectivity index (χ4v) is 1.51. The fourth-order valence-electron chi connectivity index (χ4n) is 1.51. The van der Waals surface area contributed by atoms with E-state index >= 15 is 0 Å². The van der Waals surface area contributed by atoms with Crippen LogP contribution in [0.4, 0.5) is 5.69 Å². The predicted molar refractivity (Wildman–Crippen MR) is 66.8 cm³/mol. The molecule has 5 heteroatoms. The first-order valence-corrected chi connectivity index (χ1v) is 5.45. The van der Waals surface area contributed by atoms with E-state index in [1.54, 1.807) is 38.2 Å². The molecule has 94 valence electrons. The van der Waals surface area contributed by atoms with Gasteiger partial charge in [0, 0.05) is 14.2 Å². The second-order valence-electron chi connectivity index (χ2n) is 4.12. The summed E-state index contributed by atoms with van der Waals surface area (Å²) in [6.45, 7) is 4.22. The molecule has 1 rings (SSSR count). The molecule has 1 unspecified atom stereocenters. The number of carbonyl (C=O) groups is 1. The lowest BCUT2D eigenvalue weighted by molar-refractivity contribution is 0.0632. The summed E-state index contributed by atoms with van der Waals surface area (Å²) in [4.78, 5) is 17.9. The Morgan fingerprint density at radius 1 is 1.65 bits per heavy atom. The Balaban J connectivity index is 2.92. The number of anilines is 1. The van der Waals surface area contributed by atoms with Crippen molar-refractivity contribution in [2.24, 2.45) is 0 Å². The summed E-state index contributed by atoms with van der Waals surface area (Å²) in [5.41, 5.74) is 7.35. The highest BCUT2D eigenvalue weighted by Crippen LogP contribution is 2.13. The van der Waals surface area contributed by atoms with Crippen LogP contribution in [0.5, 0.6) is 0 Å². The van der Waals surface area contributed by atoms with E-state index in [0.717, 1.165) is 0 Å². The SMILES string of the molecule is COCC(C)N(C)C(=O)c1cc(N)cnc1C. The van der Waals surface area contributed by atoms with Crippen LogP contribution in [0.15, 0.2) is 12.3 Å². The number of methoxy groups -OCH3 is 1. The Labute approximate surface area is 102 Å². The first-order valence-electron chi connectivity index (χ1n) is 5.45. The van der Waals surface area contributed by atoms with Gasteiger partial charge in [0.2, 0.25) is 0 Å². The number of carbonyl (C=O) groups excluding carboxylic acids is 1. The van der Waals surface area contributed by atoms with Crippen molar-refractivity contribution in [1.29, 1.82) is 0 Å². The highest BCUT2D eigenvalue weighted by Gasteiger charge is 2.19.